The lowest BCUT2D eigenvalue weighted by atomic mass is 10.1. The van der Waals surface area contributed by atoms with Crippen LogP contribution >= 0.6 is 0 Å². The van der Waals surface area contributed by atoms with Crippen LogP contribution in [0.2, 0.25) is 0 Å². The standard InChI is InChI=1S/C21H28N4O7/c1-11(2)19(27)30-9-15-14(32-20(28)12(3)4)8-16(31-15)25-7-6-13-17(25)23-21(22-10-26)24-18(13)29-5/h6-7,10-12,14-16H,8-9H2,1-5H3,(H,22,23,24,26)/t14-,15+,16-/m0/s1. The average molecular weight is 448 g/mol. The van der Waals surface area contributed by atoms with Crippen molar-refractivity contribution >= 4 is 35.3 Å². The molecule has 1 fully saturated rings. The van der Waals surface area contributed by atoms with Gasteiger partial charge < -0.3 is 23.5 Å². The van der Waals surface area contributed by atoms with E-state index in [1.807, 2.05) is 0 Å². The maximum Gasteiger partial charge on any atom is 0.308 e. The van der Waals surface area contributed by atoms with Gasteiger partial charge in [-0.3, -0.25) is 19.7 Å². The number of nitrogens with one attached hydrogen (secondary N) is 1. The number of anilines is 1. The number of aromatic nitrogens is 3. The molecule has 1 saturated heterocycles. The number of carbonyl (C=O) groups excluding carboxylic acids is 3. The summed E-state index contributed by atoms with van der Waals surface area (Å²) in [6, 6.07) is 1.77. The van der Waals surface area contributed by atoms with Crippen LogP contribution in [-0.2, 0) is 28.6 Å². The Bertz CT molecular complexity index is 988. The summed E-state index contributed by atoms with van der Waals surface area (Å²) < 4.78 is 24.2. The van der Waals surface area contributed by atoms with E-state index < -0.39 is 18.4 Å². The van der Waals surface area contributed by atoms with Crippen LogP contribution in [0.3, 0.4) is 0 Å². The van der Waals surface area contributed by atoms with Crippen molar-refractivity contribution in [3.8, 4) is 5.88 Å². The number of hydrogen-bond acceptors (Lipinski definition) is 9. The third kappa shape index (κ3) is 4.98. The fourth-order valence-electron chi connectivity index (χ4n) is 3.27. The highest BCUT2D eigenvalue weighted by Crippen LogP contribution is 2.35. The molecule has 3 heterocycles. The zero-order valence-corrected chi connectivity index (χ0v) is 18.7. The van der Waals surface area contributed by atoms with Gasteiger partial charge in [0.1, 0.15) is 25.0 Å². The van der Waals surface area contributed by atoms with E-state index in [2.05, 4.69) is 15.3 Å². The van der Waals surface area contributed by atoms with Gasteiger partial charge in [0.05, 0.1) is 24.3 Å². The number of rotatable bonds is 9. The molecule has 11 nitrogen and oxygen atoms in total. The number of ether oxygens (including phenoxy) is 4. The van der Waals surface area contributed by atoms with E-state index in [1.165, 1.54) is 7.11 Å². The maximum atomic E-state index is 12.2. The van der Waals surface area contributed by atoms with Crippen LogP contribution in [0, 0.1) is 11.8 Å². The predicted octanol–water partition coefficient (Wildman–Crippen LogP) is 2.06. The summed E-state index contributed by atoms with van der Waals surface area (Å²) in [7, 11) is 1.47. The van der Waals surface area contributed by atoms with Gasteiger partial charge in [0, 0.05) is 12.6 Å². The van der Waals surface area contributed by atoms with Crippen LogP contribution in [0.25, 0.3) is 11.0 Å². The Labute approximate surface area is 185 Å². The summed E-state index contributed by atoms with van der Waals surface area (Å²) in [5.74, 6) is -0.953. The lowest BCUT2D eigenvalue weighted by Gasteiger charge is -2.20. The van der Waals surface area contributed by atoms with Crippen molar-refractivity contribution in [1.82, 2.24) is 14.5 Å². The zero-order chi connectivity index (χ0) is 23.4. The Hall–Kier alpha value is -3.21. The first-order valence-electron chi connectivity index (χ1n) is 10.4. The molecular formula is C21H28N4O7. The van der Waals surface area contributed by atoms with Crippen LogP contribution in [0.5, 0.6) is 5.88 Å². The summed E-state index contributed by atoms with van der Waals surface area (Å²) in [6.45, 7) is 6.92. The molecule has 2 aromatic rings. The van der Waals surface area contributed by atoms with Gasteiger partial charge in [-0.1, -0.05) is 27.7 Å². The van der Waals surface area contributed by atoms with E-state index in [9.17, 15) is 14.4 Å². The van der Waals surface area contributed by atoms with Crippen LogP contribution in [0.1, 0.15) is 40.3 Å². The topological polar surface area (TPSA) is 131 Å². The van der Waals surface area contributed by atoms with Crippen molar-refractivity contribution in [2.45, 2.75) is 52.6 Å². The average Bonchev–Trinajstić information content (AvgIpc) is 3.35. The minimum Gasteiger partial charge on any atom is -0.480 e. The van der Waals surface area contributed by atoms with E-state index >= 15 is 0 Å². The normalized spacial score (nSPS) is 20.5. The molecule has 1 aliphatic rings. The number of esters is 2. The van der Waals surface area contributed by atoms with Gasteiger partial charge in [-0.25, -0.2) is 0 Å². The number of methoxy groups -OCH3 is 1. The first-order valence-corrected chi connectivity index (χ1v) is 10.4. The highest BCUT2D eigenvalue weighted by Gasteiger charge is 2.40. The number of nitrogens with zero attached hydrogens (tertiary/aromatic N) is 3. The molecule has 0 unspecified atom stereocenters. The Morgan fingerprint density at radius 2 is 1.97 bits per heavy atom. The molecule has 0 aliphatic carbocycles. The van der Waals surface area contributed by atoms with Crippen molar-refractivity contribution in [3.63, 3.8) is 0 Å². The summed E-state index contributed by atoms with van der Waals surface area (Å²) in [6.07, 6.45) is 0.753. The number of hydrogen-bond donors (Lipinski definition) is 1. The molecule has 0 radical (unpaired) electrons. The molecule has 1 aliphatic heterocycles. The first kappa shape index (κ1) is 23.5. The Balaban J connectivity index is 1.89. The van der Waals surface area contributed by atoms with Crippen LogP contribution in [-0.4, -0.2) is 58.8 Å². The van der Waals surface area contributed by atoms with Crippen molar-refractivity contribution in [1.29, 1.82) is 0 Å². The van der Waals surface area contributed by atoms with Crippen molar-refractivity contribution in [3.05, 3.63) is 12.3 Å². The molecule has 2 aromatic heterocycles. The molecule has 0 bridgehead atoms. The minimum absolute atomic E-state index is 0.0426. The molecular weight excluding hydrogens is 420 g/mol. The van der Waals surface area contributed by atoms with E-state index in [4.69, 9.17) is 18.9 Å². The van der Waals surface area contributed by atoms with Crippen molar-refractivity contribution in [2.75, 3.05) is 19.0 Å². The van der Waals surface area contributed by atoms with Gasteiger partial charge in [0.15, 0.2) is 5.65 Å². The molecule has 0 aromatic carbocycles. The quantitative estimate of drug-likeness (QED) is 0.452. The summed E-state index contributed by atoms with van der Waals surface area (Å²) in [5, 5.41) is 3.04. The van der Waals surface area contributed by atoms with Gasteiger partial charge in [-0.05, 0) is 6.07 Å². The molecule has 32 heavy (non-hydrogen) atoms. The van der Waals surface area contributed by atoms with Crippen molar-refractivity contribution in [2.24, 2.45) is 11.8 Å². The molecule has 1 N–H and O–H groups in total. The molecule has 174 valence electrons. The van der Waals surface area contributed by atoms with Crippen LogP contribution in [0.4, 0.5) is 5.95 Å². The highest BCUT2D eigenvalue weighted by atomic mass is 16.6. The Kier molecular flexibility index (Phi) is 7.29. The van der Waals surface area contributed by atoms with E-state index in [0.29, 0.717) is 29.7 Å². The third-order valence-corrected chi connectivity index (χ3v) is 5.01. The fraction of sp³-hybridized carbons (Fsp3) is 0.571. The second-order valence-corrected chi connectivity index (χ2v) is 8.06. The van der Waals surface area contributed by atoms with Crippen molar-refractivity contribution < 1.29 is 33.3 Å². The van der Waals surface area contributed by atoms with Gasteiger partial charge in [0.25, 0.3) is 0 Å². The van der Waals surface area contributed by atoms with E-state index in [1.54, 1.807) is 44.5 Å². The summed E-state index contributed by atoms with van der Waals surface area (Å²) >= 11 is 0. The molecule has 3 rings (SSSR count). The Morgan fingerprint density at radius 3 is 2.59 bits per heavy atom. The lowest BCUT2D eigenvalue weighted by Crippen LogP contribution is -2.33. The SMILES string of the molecule is COc1nc(NC=O)nc2c1ccn2[C@@H]1C[C@H](OC(=O)C(C)C)[C@@H](COC(=O)C(C)C)O1. The molecule has 0 saturated carbocycles. The largest absolute Gasteiger partial charge is 0.480 e. The smallest absolute Gasteiger partial charge is 0.308 e. The number of carbonyl (C=O) groups is 3. The second kappa shape index (κ2) is 9.94. The maximum absolute atomic E-state index is 12.2. The zero-order valence-electron chi connectivity index (χ0n) is 18.7. The summed E-state index contributed by atoms with van der Waals surface area (Å²) in [4.78, 5) is 43.5. The molecule has 11 heteroatoms. The second-order valence-electron chi connectivity index (χ2n) is 8.06. The molecule has 1 amide bonds. The summed E-state index contributed by atoms with van der Waals surface area (Å²) in [5.41, 5.74) is 0.472. The van der Waals surface area contributed by atoms with Gasteiger partial charge in [-0.2, -0.15) is 9.97 Å². The third-order valence-electron chi connectivity index (χ3n) is 5.01. The number of amides is 1. The monoisotopic (exact) mass is 448 g/mol. The fourth-order valence-corrected chi connectivity index (χ4v) is 3.27. The van der Waals surface area contributed by atoms with Gasteiger partial charge in [-0.15, -0.1) is 0 Å². The highest BCUT2D eigenvalue weighted by molar-refractivity contribution is 5.84. The van der Waals surface area contributed by atoms with Gasteiger partial charge >= 0.3 is 11.9 Å². The van der Waals surface area contributed by atoms with Crippen LogP contribution in [0.15, 0.2) is 12.3 Å². The Morgan fingerprint density at radius 1 is 1.25 bits per heavy atom. The number of fused-ring (bicyclic) bond motifs is 1. The van der Waals surface area contributed by atoms with Gasteiger partial charge in [0.2, 0.25) is 18.2 Å². The molecule has 0 spiro atoms. The first-order chi connectivity index (χ1) is 15.2. The van der Waals surface area contributed by atoms with Crippen LogP contribution < -0.4 is 10.1 Å². The molecule has 3 atom stereocenters. The predicted molar refractivity (Wildman–Crippen MR) is 113 cm³/mol. The lowest BCUT2D eigenvalue weighted by molar-refractivity contribution is -0.162. The van der Waals surface area contributed by atoms with E-state index in [0.717, 1.165) is 0 Å². The minimum atomic E-state index is -0.640. The van der Waals surface area contributed by atoms with E-state index in [-0.39, 0.29) is 36.3 Å².